The number of aromatic nitrogens is 1. The largest absolute Gasteiger partial charge is 0.324 e. The first-order chi connectivity index (χ1) is 8.65. The van der Waals surface area contributed by atoms with Gasteiger partial charge in [0.05, 0.1) is 0 Å². The van der Waals surface area contributed by atoms with Crippen LogP contribution in [-0.4, -0.2) is 29.0 Å². The minimum atomic E-state index is 0.162. The van der Waals surface area contributed by atoms with Crippen molar-refractivity contribution in [1.29, 1.82) is 0 Å². The minimum Gasteiger partial charge on any atom is -0.324 e. The highest BCUT2D eigenvalue weighted by atomic mass is 15.2. The molecule has 3 rings (SSSR count). The molecule has 0 radical (unpaired) electrons. The summed E-state index contributed by atoms with van der Waals surface area (Å²) in [6.45, 7) is 2.02. The molecule has 3 heteroatoms. The van der Waals surface area contributed by atoms with E-state index in [1.165, 1.54) is 31.2 Å². The van der Waals surface area contributed by atoms with Gasteiger partial charge in [0.15, 0.2) is 0 Å². The summed E-state index contributed by atoms with van der Waals surface area (Å²) in [5, 5.41) is 0. The highest BCUT2D eigenvalue weighted by Crippen LogP contribution is 2.41. The molecule has 3 nitrogen and oxygen atoms in total. The average Bonchev–Trinajstić information content (AvgIpc) is 2.62. The number of hydrogen-bond donors (Lipinski definition) is 1. The Morgan fingerprint density at radius 3 is 2.50 bits per heavy atom. The van der Waals surface area contributed by atoms with E-state index in [9.17, 15) is 0 Å². The van der Waals surface area contributed by atoms with E-state index in [2.05, 4.69) is 29.1 Å². The Kier molecular flexibility index (Phi) is 3.12. The van der Waals surface area contributed by atoms with Crippen LogP contribution in [0.1, 0.15) is 43.0 Å². The Morgan fingerprint density at radius 1 is 1.28 bits per heavy atom. The minimum absolute atomic E-state index is 0.162. The van der Waals surface area contributed by atoms with Crippen molar-refractivity contribution in [2.75, 3.05) is 7.05 Å². The zero-order valence-corrected chi connectivity index (χ0v) is 11.3. The molecule has 18 heavy (non-hydrogen) atoms. The van der Waals surface area contributed by atoms with Crippen molar-refractivity contribution in [2.45, 2.75) is 50.7 Å². The molecule has 2 saturated heterocycles. The van der Waals surface area contributed by atoms with Gasteiger partial charge < -0.3 is 10.6 Å². The lowest BCUT2D eigenvalue weighted by molar-refractivity contribution is 0.121. The van der Waals surface area contributed by atoms with Gasteiger partial charge in [0.2, 0.25) is 0 Å². The molecule has 3 unspecified atom stereocenters. The lowest BCUT2D eigenvalue weighted by atomic mass is 9.83. The first-order valence-electron chi connectivity index (χ1n) is 7.05. The van der Waals surface area contributed by atoms with Crippen molar-refractivity contribution in [2.24, 2.45) is 11.7 Å². The van der Waals surface area contributed by atoms with Crippen LogP contribution >= 0.6 is 0 Å². The monoisotopic (exact) mass is 245 g/mol. The Morgan fingerprint density at radius 2 is 1.94 bits per heavy atom. The highest BCUT2D eigenvalue weighted by molar-refractivity contribution is 5.18. The number of nitrogens with zero attached hydrogens (tertiary/aromatic N) is 2. The second kappa shape index (κ2) is 4.63. The average molecular weight is 245 g/mol. The second-order valence-corrected chi connectivity index (χ2v) is 6.04. The van der Waals surface area contributed by atoms with E-state index in [-0.39, 0.29) is 6.04 Å². The number of fused-ring (bicyclic) bond motifs is 2. The standard InChI is InChI=1S/C15H23N3/c1-10-3-4-11(9-17-10)15(16)12-7-13-5-6-14(8-12)18(13)2/h3-4,9,12-15H,5-8,16H2,1-2H3. The van der Waals surface area contributed by atoms with Gasteiger partial charge in [-0.05, 0) is 57.2 Å². The first-order valence-corrected chi connectivity index (χ1v) is 7.05. The van der Waals surface area contributed by atoms with Crippen molar-refractivity contribution in [3.8, 4) is 0 Å². The fraction of sp³-hybridized carbons (Fsp3) is 0.667. The number of pyridine rings is 1. The highest BCUT2D eigenvalue weighted by Gasteiger charge is 2.40. The topological polar surface area (TPSA) is 42.1 Å². The van der Waals surface area contributed by atoms with Crippen LogP contribution in [0.15, 0.2) is 18.3 Å². The molecule has 0 saturated carbocycles. The molecule has 1 aromatic heterocycles. The fourth-order valence-electron chi connectivity index (χ4n) is 3.70. The molecular formula is C15H23N3. The molecule has 0 amide bonds. The third-order valence-corrected chi connectivity index (χ3v) is 4.96. The van der Waals surface area contributed by atoms with Gasteiger partial charge in [-0.2, -0.15) is 0 Å². The summed E-state index contributed by atoms with van der Waals surface area (Å²) in [4.78, 5) is 6.94. The second-order valence-electron chi connectivity index (χ2n) is 6.04. The van der Waals surface area contributed by atoms with Crippen molar-refractivity contribution in [3.05, 3.63) is 29.6 Å². The maximum absolute atomic E-state index is 6.46. The van der Waals surface area contributed by atoms with Crippen LogP contribution in [0.2, 0.25) is 0 Å². The zero-order valence-electron chi connectivity index (χ0n) is 11.3. The van der Waals surface area contributed by atoms with Gasteiger partial charge in [0, 0.05) is 30.0 Å². The van der Waals surface area contributed by atoms with Gasteiger partial charge in [-0.15, -0.1) is 0 Å². The number of rotatable bonds is 2. The first kappa shape index (κ1) is 12.1. The van der Waals surface area contributed by atoms with E-state index in [1.54, 1.807) is 0 Å². The van der Waals surface area contributed by atoms with Crippen molar-refractivity contribution in [3.63, 3.8) is 0 Å². The number of aryl methyl sites for hydroxylation is 1. The number of hydrogen-bond acceptors (Lipinski definition) is 3. The van der Waals surface area contributed by atoms with Gasteiger partial charge in [0.1, 0.15) is 0 Å². The summed E-state index contributed by atoms with van der Waals surface area (Å²) in [6.07, 6.45) is 7.18. The van der Waals surface area contributed by atoms with Crippen LogP contribution in [0.25, 0.3) is 0 Å². The number of nitrogens with two attached hydrogens (primary N) is 1. The summed E-state index contributed by atoms with van der Waals surface area (Å²) in [5.41, 5.74) is 8.73. The maximum Gasteiger partial charge on any atom is 0.0372 e. The molecule has 1 aromatic rings. The molecule has 2 aliphatic heterocycles. The molecule has 0 spiro atoms. The maximum atomic E-state index is 6.46. The Balaban J connectivity index is 1.74. The van der Waals surface area contributed by atoms with Crippen molar-refractivity contribution < 1.29 is 0 Å². The van der Waals surface area contributed by atoms with Crippen molar-refractivity contribution in [1.82, 2.24) is 9.88 Å². The van der Waals surface area contributed by atoms with Gasteiger partial charge >= 0.3 is 0 Å². The summed E-state index contributed by atoms with van der Waals surface area (Å²) < 4.78 is 0. The third kappa shape index (κ3) is 2.06. The predicted octanol–water partition coefficient (Wildman–Crippen LogP) is 2.26. The fourth-order valence-corrected chi connectivity index (χ4v) is 3.70. The molecule has 2 bridgehead atoms. The van der Waals surface area contributed by atoms with Crippen LogP contribution in [0.3, 0.4) is 0 Å². The van der Waals surface area contributed by atoms with Gasteiger partial charge in [-0.25, -0.2) is 0 Å². The smallest absolute Gasteiger partial charge is 0.0372 e. The molecule has 2 aliphatic rings. The van der Waals surface area contributed by atoms with Crippen LogP contribution in [-0.2, 0) is 0 Å². The van der Waals surface area contributed by atoms with E-state index < -0.39 is 0 Å². The zero-order chi connectivity index (χ0) is 12.7. The SMILES string of the molecule is Cc1ccc(C(N)C2CC3CCC(C2)N3C)cn1. The van der Waals surface area contributed by atoms with Gasteiger partial charge in [-0.1, -0.05) is 6.07 Å². The van der Waals surface area contributed by atoms with Crippen LogP contribution in [0.4, 0.5) is 0 Å². The summed E-state index contributed by atoms with van der Waals surface area (Å²) >= 11 is 0. The summed E-state index contributed by atoms with van der Waals surface area (Å²) in [5.74, 6) is 0.628. The number of piperidine rings is 1. The lowest BCUT2D eigenvalue weighted by Crippen LogP contribution is -2.42. The Bertz CT molecular complexity index is 400. The van der Waals surface area contributed by atoms with Gasteiger partial charge in [0.25, 0.3) is 0 Å². The molecular weight excluding hydrogens is 222 g/mol. The summed E-state index contributed by atoms with van der Waals surface area (Å²) in [6, 6.07) is 5.90. The third-order valence-electron chi connectivity index (χ3n) is 4.96. The van der Waals surface area contributed by atoms with Crippen LogP contribution in [0, 0.1) is 12.8 Å². The molecule has 3 atom stereocenters. The lowest BCUT2D eigenvalue weighted by Gasteiger charge is -2.38. The predicted molar refractivity (Wildman–Crippen MR) is 73.2 cm³/mol. The molecule has 0 aliphatic carbocycles. The molecule has 2 fully saturated rings. The molecule has 3 heterocycles. The van der Waals surface area contributed by atoms with Gasteiger partial charge in [-0.3, -0.25) is 4.98 Å². The normalized spacial score (nSPS) is 33.6. The van der Waals surface area contributed by atoms with Crippen LogP contribution < -0.4 is 5.73 Å². The van der Waals surface area contributed by atoms with E-state index in [0.717, 1.165) is 17.8 Å². The quantitative estimate of drug-likeness (QED) is 0.869. The molecule has 0 aromatic carbocycles. The van der Waals surface area contributed by atoms with E-state index in [1.807, 2.05) is 13.1 Å². The summed E-state index contributed by atoms with van der Waals surface area (Å²) in [7, 11) is 2.28. The van der Waals surface area contributed by atoms with E-state index in [0.29, 0.717) is 5.92 Å². The van der Waals surface area contributed by atoms with E-state index >= 15 is 0 Å². The Hall–Kier alpha value is -0.930. The van der Waals surface area contributed by atoms with Crippen molar-refractivity contribution >= 4 is 0 Å². The Labute approximate surface area is 109 Å². The molecule has 98 valence electrons. The molecule has 2 N–H and O–H groups in total. The van der Waals surface area contributed by atoms with Crippen LogP contribution in [0.5, 0.6) is 0 Å². The van der Waals surface area contributed by atoms with E-state index in [4.69, 9.17) is 5.73 Å².